The molecule has 200 valence electrons. The predicted molar refractivity (Wildman–Crippen MR) is 154 cm³/mol. The van der Waals surface area contributed by atoms with E-state index in [0.717, 1.165) is 52.3 Å². The first-order valence-corrected chi connectivity index (χ1v) is 13.6. The van der Waals surface area contributed by atoms with E-state index < -0.39 is 0 Å². The Hall–Kier alpha value is -4.17. The van der Waals surface area contributed by atoms with E-state index in [4.69, 9.17) is 10.5 Å². The van der Waals surface area contributed by atoms with Gasteiger partial charge in [0.2, 0.25) is 5.91 Å². The van der Waals surface area contributed by atoms with Gasteiger partial charge in [-0.25, -0.2) is 9.97 Å². The SMILES string of the molecule is Cc1c(-c2ccc(Oc3ccccc3)cc2)c2c(N)ncnc2n1[C@@H]1CCN(C(=O)C=CCN(C)C2CC2)C1. The molecule has 0 radical (unpaired) electrons. The summed E-state index contributed by atoms with van der Waals surface area (Å²) < 4.78 is 8.23. The number of likely N-dealkylation sites (tertiary alicyclic amines) is 1. The van der Waals surface area contributed by atoms with Crippen molar-refractivity contribution in [3.05, 3.63) is 78.8 Å². The smallest absolute Gasteiger partial charge is 0.246 e. The molecule has 4 aromatic rings. The van der Waals surface area contributed by atoms with Gasteiger partial charge in [0.25, 0.3) is 0 Å². The van der Waals surface area contributed by atoms with Crippen LogP contribution in [0.4, 0.5) is 5.82 Å². The summed E-state index contributed by atoms with van der Waals surface area (Å²) >= 11 is 0. The highest BCUT2D eigenvalue weighted by molar-refractivity contribution is 6.02. The van der Waals surface area contributed by atoms with E-state index in [1.807, 2.05) is 65.6 Å². The minimum absolute atomic E-state index is 0.0687. The molecule has 39 heavy (non-hydrogen) atoms. The summed E-state index contributed by atoms with van der Waals surface area (Å²) in [6, 6.07) is 18.6. The average molecular weight is 523 g/mol. The largest absolute Gasteiger partial charge is 0.457 e. The van der Waals surface area contributed by atoms with Crippen molar-refractivity contribution in [2.75, 3.05) is 32.4 Å². The van der Waals surface area contributed by atoms with E-state index in [0.29, 0.717) is 24.9 Å². The molecule has 1 amide bonds. The number of para-hydroxylation sites is 1. The van der Waals surface area contributed by atoms with Crippen LogP contribution in [0.2, 0.25) is 0 Å². The van der Waals surface area contributed by atoms with Crippen molar-refractivity contribution in [1.29, 1.82) is 0 Å². The highest BCUT2D eigenvalue weighted by atomic mass is 16.5. The van der Waals surface area contributed by atoms with E-state index in [1.54, 1.807) is 6.08 Å². The van der Waals surface area contributed by atoms with Crippen LogP contribution in [0, 0.1) is 6.92 Å². The fourth-order valence-electron chi connectivity index (χ4n) is 5.63. The minimum atomic E-state index is 0.0687. The van der Waals surface area contributed by atoms with Crippen LogP contribution in [0.5, 0.6) is 11.5 Å². The first-order valence-electron chi connectivity index (χ1n) is 13.6. The second-order valence-corrected chi connectivity index (χ2v) is 10.5. The van der Waals surface area contributed by atoms with Gasteiger partial charge in [-0.1, -0.05) is 36.4 Å². The lowest BCUT2D eigenvalue weighted by Crippen LogP contribution is -2.28. The Morgan fingerprint density at radius 1 is 1.08 bits per heavy atom. The monoisotopic (exact) mass is 522 g/mol. The number of nitrogens with two attached hydrogens (primary N) is 1. The summed E-state index contributed by atoms with van der Waals surface area (Å²) in [5.74, 6) is 2.08. The topological polar surface area (TPSA) is 89.5 Å². The van der Waals surface area contributed by atoms with Crippen molar-refractivity contribution in [1.82, 2.24) is 24.3 Å². The molecule has 0 unspecified atom stereocenters. The first kappa shape index (κ1) is 25.1. The molecule has 8 heteroatoms. The van der Waals surface area contributed by atoms with Gasteiger partial charge in [-0.15, -0.1) is 0 Å². The van der Waals surface area contributed by atoms with Crippen LogP contribution in [-0.4, -0.2) is 63.0 Å². The minimum Gasteiger partial charge on any atom is -0.457 e. The Balaban J connectivity index is 1.25. The molecule has 2 fully saturated rings. The van der Waals surface area contributed by atoms with Gasteiger partial charge in [0, 0.05) is 43.0 Å². The van der Waals surface area contributed by atoms with E-state index in [9.17, 15) is 4.79 Å². The number of hydrogen-bond acceptors (Lipinski definition) is 6. The van der Waals surface area contributed by atoms with Crippen molar-refractivity contribution < 1.29 is 9.53 Å². The predicted octanol–water partition coefficient (Wildman–Crippen LogP) is 5.21. The number of ether oxygens (including phenoxy) is 1. The van der Waals surface area contributed by atoms with Gasteiger partial charge in [-0.3, -0.25) is 9.69 Å². The number of nitrogen functional groups attached to an aromatic ring is 1. The standard InChI is InChI=1S/C31H34N6O2/c1-21-28(22-10-14-26(15-11-22)39-25-7-4-3-5-8-25)29-30(32)33-20-34-31(29)37(21)24-16-18-36(19-24)27(38)9-6-17-35(2)23-12-13-23/h3-11,14-15,20,23-24H,12-13,16-19H2,1-2H3,(H2,32,33,34)/t24-/m1/s1. The number of likely N-dealkylation sites (N-methyl/N-ethyl adjacent to an activating group) is 1. The van der Waals surface area contributed by atoms with Crippen molar-refractivity contribution in [3.8, 4) is 22.6 Å². The third kappa shape index (κ3) is 5.12. The maximum atomic E-state index is 12.9. The molecule has 1 aliphatic carbocycles. The van der Waals surface area contributed by atoms with Crippen molar-refractivity contribution in [2.24, 2.45) is 0 Å². The number of amides is 1. The second-order valence-electron chi connectivity index (χ2n) is 10.5. The Bertz CT molecular complexity index is 1510. The number of carbonyl (C=O) groups is 1. The molecule has 2 aliphatic rings. The van der Waals surface area contributed by atoms with Crippen molar-refractivity contribution in [2.45, 2.75) is 38.3 Å². The number of rotatable bonds is 8. The third-order valence-electron chi connectivity index (χ3n) is 7.84. The van der Waals surface area contributed by atoms with E-state index in [2.05, 4.69) is 33.4 Å². The summed E-state index contributed by atoms with van der Waals surface area (Å²) in [4.78, 5) is 26.1. The zero-order valence-electron chi connectivity index (χ0n) is 22.5. The third-order valence-corrected chi connectivity index (χ3v) is 7.84. The molecular formula is C31H34N6O2. The van der Waals surface area contributed by atoms with Gasteiger partial charge in [0.15, 0.2) is 0 Å². The molecule has 1 saturated heterocycles. The molecule has 8 nitrogen and oxygen atoms in total. The number of nitrogens with zero attached hydrogens (tertiary/aromatic N) is 5. The van der Waals surface area contributed by atoms with Gasteiger partial charge in [0.1, 0.15) is 29.3 Å². The number of hydrogen-bond donors (Lipinski definition) is 1. The zero-order chi connectivity index (χ0) is 26.9. The summed E-state index contributed by atoms with van der Waals surface area (Å²) in [5, 5.41) is 0.847. The number of carbonyl (C=O) groups excluding carboxylic acids is 1. The van der Waals surface area contributed by atoms with Crippen LogP contribution in [0.15, 0.2) is 73.1 Å². The maximum absolute atomic E-state index is 12.9. The van der Waals surface area contributed by atoms with Crippen LogP contribution >= 0.6 is 0 Å². The summed E-state index contributed by atoms with van der Waals surface area (Å²) in [6.07, 6.45) is 8.62. The summed E-state index contributed by atoms with van der Waals surface area (Å²) in [6.45, 7) is 4.26. The molecule has 0 spiro atoms. The Morgan fingerprint density at radius 2 is 1.82 bits per heavy atom. The quantitative estimate of drug-likeness (QED) is 0.320. The molecular weight excluding hydrogens is 488 g/mol. The Morgan fingerprint density at radius 3 is 2.56 bits per heavy atom. The van der Waals surface area contributed by atoms with Gasteiger partial charge < -0.3 is 19.9 Å². The maximum Gasteiger partial charge on any atom is 0.246 e. The molecule has 1 saturated carbocycles. The second kappa shape index (κ2) is 10.5. The van der Waals surface area contributed by atoms with Crippen LogP contribution < -0.4 is 10.5 Å². The van der Waals surface area contributed by atoms with Gasteiger partial charge in [-0.05, 0) is 63.1 Å². The average Bonchev–Trinajstić information content (AvgIpc) is 3.61. The molecule has 3 heterocycles. The van der Waals surface area contributed by atoms with E-state index >= 15 is 0 Å². The molecule has 0 bridgehead atoms. The normalized spacial score (nSPS) is 17.5. The zero-order valence-corrected chi connectivity index (χ0v) is 22.5. The number of aromatic nitrogens is 3. The highest BCUT2D eigenvalue weighted by Gasteiger charge is 2.31. The van der Waals surface area contributed by atoms with Gasteiger partial charge in [-0.2, -0.15) is 0 Å². The lowest BCUT2D eigenvalue weighted by molar-refractivity contribution is -0.125. The molecule has 6 rings (SSSR count). The van der Waals surface area contributed by atoms with E-state index in [-0.39, 0.29) is 11.9 Å². The highest BCUT2D eigenvalue weighted by Crippen LogP contribution is 2.40. The van der Waals surface area contributed by atoms with Crippen LogP contribution in [0.1, 0.15) is 31.0 Å². The molecule has 2 N–H and O–H groups in total. The van der Waals surface area contributed by atoms with E-state index in [1.165, 1.54) is 19.2 Å². The number of benzene rings is 2. The number of fused-ring (bicyclic) bond motifs is 1. The molecule has 1 atom stereocenters. The first-order chi connectivity index (χ1) is 19.0. The number of anilines is 1. The lowest BCUT2D eigenvalue weighted by atomic mass is 10.0. The van der Waals surface area contributed by atoms with Crippen LogP contribution in [0.25, 0.3) is 22.2 Å². The fraction of sp³-hybridized carbons (Fsp3) is 0.323. The Kier molecular flexibility index (Phi) is 6.79. The van der Waals surface area contributed by atoms with Crippen molar-refractivity contribution in [3.63, 3.8) is 0 Å². The summed E-state index contributed by atoms with van der Waals surface area (Å²) in [5.41, 5.74) is 10.3. The van der Waals surface area contributed by atoms with Crippen molar-refractivity contribution >= 4 is 22.8 Å². The molecule has 1 aliphatic heterocycles. The molecule has 2 aromatic carbocycles. The summed E-state index contributed by atoms with van der Waals surface area (Å²) in [7, 11) is 2.12. The van der Waals surface area contributed by atoms with Crippen LogP contribution in [0.3, 0.4) is 0 Å². The van der Waals surface area contributed by atoms with Gasteiger partial charge in [0.05, 0.1) is 11.4 Å². The Labute approximate surface area is 228 Å². The lowest BCUT2D eigenvalue weighted by Gasteiger charge is -2.18. The molecule has 2 aromatic heterocycles. The van der Waals surface area contributed by atoms with Gasteiger partial charge >= 0.3 is 0 Å². The fourth-order valence-corrected chi connectivity index (χ4v) is 5.63. The van der Waals surface area contributed by atoms with Crippen LogP contribution in [-0.2, 0) is 4.79 Å².